The number of methoxy groups -OCH3 is 1. The van der Waals surface area contributed by atoms with Gasteiger partial charge in [0.25, 0.3) is 5.91 Å². The molecule has 8 heteroatoms. The molecule has 0 atom stereocenters. The first-order valence-electron chi connectivity index (χ1n) is 4.84. The van der Waals surface area contributed by atoms with Crippen LogP contribution in [0.15, 0.2) is 22.7 Å². The Balaban J connectivity index is 2.14. The monoisotopic (exact) mass is 328 g/mol. The van der Waals surface area contributed by atoms with E-state index in [2.05, 4.69) is 31.4 Å². The molecule has 0 saturated heterocycles. The summed E-state index contributed by atoms with van der Waals surface area (Å²) in [5, 5.41) is 10.4. The molecule has 0 spiro atoms. The predicted octanol–water partition coefficient (Wildman–Crippen LogP) is 2.14. The lowest BCUT2D eigenvalue weighted by atomic mass is 10.3. The van der Waals surface area contributed by atoms with Gasteiger partial charge in [0, 0.05) is 5.69 Å². The summed E-state index contributed by atoms with van der Waals surface area (Å²) >= 11 is 4.37. The molecule has 0 aliphatic heterocycles. The average molecular weight is 329 g/mol. The number of halogens is 1. The first kappa shape index (κ1) is 12.8. The van der Waals surface area contributed by atoms with Crippen molar-refractivity contribution in [1.29, 1.82) is 0 Å². The van der Waals surface area contributed by atoms with Gasteiger partial charge in [-0.05, 0) is 34.1 Å². The lowest BCUT2D eigenvalue weighted by Gasteiger charge is -2.06. The van der Waals surface area contributed by atoms with Crippen molar-refractivity contribution in [3.63, 3.8) is 0 Å². The summed E-state index contributed by atoms with van der Waals surface area (Å²) in [7, 11) is 1.57. The van der Waals surface area contributed by atoms with Crippen LogP contribution < -0.4 is 15.8 Å². The van der Waals surface area contributed by atoms with Crippen molar-refractivity contribution in [2.24, 2.45) is 0 Å². The molecule has 3 N–H and O–H groups in total. The number of hydrogen-bond acceptors (Lipinski definition) is 6. The zero-order valence-corrected chi connectivity index (χ0v) is 11.7. The van der Waals surface area contributed by atoms with Gasteiger partial charge in [-0.3, -0.25) is 4.79 Å². The lowest BCUT2D eigenvalue weighted by molar-refractivity contribution is 0.102. The zero-order chi connectivity index (χ0) is 13.1. The summed E-state index contributed by atoms with van der Waals surface area (Å²) < 4.78 is 5.85. The molecule has 0 saturated carbocycles. The molecule has 2 rings (SSSR count). The van der Waals surface area contributed by atoms with Gasteiger partial charge in [0.15, 0.2) is 0 Å². The molecule has 0 bridgehead atoms. The fourth-order valence-corrected chi connectivity index (χ4v) is 2.30. The van der Waals surface area contributed by atoms with Gasteiger partial charge in [-0.15, -0.1) is 10.2 Å². The number of anilines is 2. The SMILES string of the molecule is COc1ccc(NC(=O)c2nnc(N)s2)cc1Br. The average Bonchev–Trinajstić information content (AvgIpc) is 2.76. The summed E-state index contributed by atoms with van der Waals surface area (Å²) in [5.41, 5.74) is 6.04. The minimum atomic E-state index is -0.346. The molecule has 0 aliphatic rings. The number of ether oxygens (including phenoxy) is 1. The van der Waals surface area contributed by atoms with E-state index in [4.69, 9.17) is 10.5 Å². The van der Waals surface area contributed by atoms with Gasteiger partial charge in [-0.2, -0.15) is 0 Å². The van der Waals surface area contributed by atoms with Gasteiger partial charge in [-0.25, -0.2) is 0 Å². The minimum absolute atomic E-state index is 0.222. The molecule has 1 amide bonds. The van der Waals surface area contributed by atoms with Crippen LogP contribution in [0.3, 0.4) is 0 Å². The molecular formula is C10H9BrN4O2S. The molecule has 18 heavy (non-hydrogen) atoms. The maximum atomic E-state index is 11.8. The third-order valence-corrected chi connectivity index (χ3v) is 3.42. The molecule has 1 aromatic heterocycles. The van der Waals surface area contributed by atoms with E-state index in [1.807, 2.05) is 0 Å². The number of carbonyl (C=O) groups is 1. The number of hydrogen-bond donors (Lipinski definition) is 2. The number of aromatic nitrogens is 2. The van der Waals surface area contributed by atoms with Crippen LogP contribution in [-0.2, 0) is 0 Å². The van der Waals surface area contributed by atoms with Crippen molar-refractivity contribution in [2.45, 2.75) is 0 Å². The van der Waals surface area contributed by atoms with Crippen molar-refractivity contribution >= 4 is 44.0 Å². The Morgan fingerprint density at radius 1 is 1.50 bits per heavy atom. The van der Waals surface area contributed by atoms with E-state index in [1.165, 1.54) is 0 Å². The Hall–Kier alpha value is -1.67. The maximum absolute atomic E-state index is 11.8. The lowest BCUT2D eigenvalue weighted by Crippen LogP contribution is -2.11. The second-order valence-corrected chi connectivity index (χ2v) is 5.11. The molecule has 0 unspecified atom stereocenters. The predicted molar refractivity (Wildman–Crippen MR) is 73.0 cm³/mol. The van der Waals surface area contributed by atoms with Gasteiger partial charge in [0.2, 0.25) is 10.1 Å². The van der Waals surface area contributed by atoms with E-state index in [0.29, 0.717) is 11.4 Å². The number of nitrogens with zero attached hydrogens (tertiary/aromatic N) is 2. The normalized spacial score (nSPS) is 10.1. The van der Waals surface area contributed by atoms with E-state index < -0.39 is 0 Å². The van der Waals surface area contributed by atoms with Crippen LogP contribution in [-0.4, -0.2) is 23.2 Å². The van der Waals surface area contributed by atoms with Crippen molar-refractivity contribution < 1.29 is 9.53 Å². The fourth-order valence-electron chi connectivity index (χ4n) is 1.26. The number of carbonyl (C=O) groups excluding carboxylic acids is 1. The summed E-state index contributed by atoms with van der Waals surface area (Å²) in [6.07, 6.45) is 0. The largest absolute Gasteiger partial charge is 0.496 e. The van der Waals surface area contributed by atoms with Gasteiger partial charge >= 0.3 is 0 Å². The topological polar surface area (TPSA) is 90.1 Å². The molecule has 0 fully saturated rings. The molecule has 94 valence electrons. The molecule has 0 radical (unpaired) electrons. The Labute approximate surface area is 115 Å². The van der Waals surface area contributed by atoms with Crippen LogP contribution in [0.5, 0.6) is 5.75 Å². The third kappa shape index (κ3) is 2.77. The number of nitrogen functional groups attached to an aromatic ring is 1. The van der Waals surface area contributed by atoms with Crippen molar-refractivity contribution in [3.8, 4) is 5.75 Å². The highest BCUT2D eigenvalue weighted by Crippen LogP contribution is 2.28. The number of nitrogens with two attached hydrogens (primary N) is 1. The number of nitrogens with one attached hydrogen (secondary N) is 1. The first-order valence-corrected chi connectivity index (χ1v) is 6.45. The fraction of sp³-hybridized carbons (Fsp3) is 0.100. The van der Waals surface area contributed by atoms with Gasteiger partial charge in [-0.1, -0.05) is 11.3 Å². The molecule has 1 aromatic carbocycles. The summed E-state index contributed by atoms with van der Waals surface area (Å²) in [4.78, 5) is 11.8. The Kier molecular flexibility index (Phi) is 3.78. The third-order valence-electron chi connectivity index (χ3n) is 2.04. The standard InChI is InChI=1S/C10H9BrN4O2S/c1-17-7-3-2-5(4-6(7)11)13-8(16)9-14-15-10(12)18-9/h2-4H,1H3,(H2,12,15)(H,13,16). The highest BCUT2D eigenvalue weighted by Gasteiger charge is 2.12. The quantitative estimate of drug-likeness (QED) is 0.900. The number of amides is 1. The number of rotatable bonds is 3. The second kappa shape index (κ2) is 5.32. The molecule has 6 nitrogen and oxygen atoms in total. The number of benzene rings is 1. The van der Waals surface area contributed by atoms with E-state index >= 15 is 0 Å². The van der Waals surface area contributed by atoms with Crippen molar-refractivity contribution in [3.05, 3.63) is 27.7 Å². The smallest absolute Gasteiger partial charge is 0.286 e. The highest BCUT2D eigenvalue weighted by atomic mass is 79.9. The van der Waals surface area contributed by atoms with Gasteiger partial charge < -0.3 is 15.8 Å². The van der Waals surface area contributed by atoms with Crippen LogP contribution in [0.2, 0.25) is 0 Å². The molecule has 1 heterocycles. The molecule has 0 aliphatic carbocycles. The Bertz CT molecular complexity index is 587. The van der Waals surface area contributed by atoms with Gasteiger partial charge in [0.05, 0.1) is 11.6 Å². The van der Waals surface area contributed by atoms with Crippen LogP contribution in [0, 0.1) is 0 Å². The van der Waals surface area contributed by atoms with E-state index in [0.717, 1.165) is 15.8 Å². The Morgan fingerprint density at radius 3 is 2.83 bits per heavy atom. The maximum Gasteiger partial charge on any atom is 0.286 e. The van der Waals surface area contributed by atoms with Crippen LogP contribution >= 0.6 is 27.3 Å². The van der Waals surface area contributed by atoms with Crippen molar-refractivity contribution in [1.82, 2.24) is 10.2 Å². The van der Waals surface area contributed by atoms with Crippen LogP contribution in [0.1, 0.15) is 9.80 Å². The van der Waals surface area contributed by atoms with Gasteiger partial charge in [0.1, 0.15) is 5.75 Å². The highest BCUT2D eigenvalue weighted by molar-refractivity contribution is 9.10. The van der Waals surface area contributed by atoms with E-state index in [1.54, 1.807) is 25.3 Å². The summed E-state index contributed by atoms with van der Waals surface area (Å²) in [6, 6.07) is 5.21. The molecule has 2 aromatic rings. The Morgan fingerprint density at radius 2 is 2.28 bits per heavy atom. The van der Waals surface area contributed by atoms with Crippen LogP contribution in [0.4, 0.5) is 10.8 Å². The zero-order valence-electron chi connectivity index (χ0n) is 9.31. The van der Waals surface area contributed by atoms with E-state index in [-0.39, 0.29) is 16.0 Å². The second-order valence-electron chi connectivity index (χ2n) is 3.25. The summed E-state index contributed by atoms with van der Waals surface area (Å²) in [6.45, 7) is 0. The minimum Gasteiger partial charge on any atom is -0.496 e. The molecular weight excluding hydrogens is 320 g/mol. The first-order chi connectivity index (χ1) is 8.60. The summed E-state index contributed by atoms with van der Waals surface area (Å²) in [5.74, 6) is 0.342. The van der Waals surface area contributed by atoms with Crippen molar-refractivity contribution in [2.75, 3.05) is 18.2 Å². The van der Waals surface area contributed by atoms with E-state index in [9.17, 15) is 4.79 Å². The van der Waals surface area contributed by atoms with Crippen LogP contribution in [0.25, 0.3) is 0 Å².